The summed E-state index contributed by atoms with van der Waals surface area (Å²) in [6.45, 7) is 8.38. The summed E-state index contributed by atoms with van der Waals surface area (Å²) in [6, 6.07) is 7.50. The maximum Gasteiger partial charge on any atom is 0.407 e. The van der Waals surface area contributed by atoms with Crippen molar-refractivity contribution < 1.29 is 14.3 Å². The van der Waals surface area contributed by atoms with Crippen molar-refractivity contribution in [2.24, 2.45) is 5.92 Å². The number of nitrogens with one attached hydrogen (secondary N) is 2. The molecule has 1 atom stereocenters. The molecule has 0 fully saturated rings. The van der Waals surface area contributed by atoms with Gasteiger partial charge in [0.15, 0.2) is 0 Å². The van der Waals surface area contributed by atoms with Gasteiger partial charge in [0.2, 0.25) is 5.91 Å². The van der Waals surface area contributed by atoms with E-state index in [1.807, 2.05) is 26.0 Å². The van der Waals surface area contributed by atoms with Crippen LogP contribution in [0.25, 0.3) is 0 Å². The zero-order valence-corrected chi connectivity index (χ0v) is 13.8. The number of alkyl carbamates (subject to hydrolysis) is 1. The predicted molar refractivity (Wildman–Crippen MR) is 86.7 cm³/mol. The smallest absolute Gasteiger partial charge is 0.407 e. The molecule has 0 radical (unpaired) electrons. The highest BCUT2D eigenvalue weighted by atomic mass is 16.5. The lowest BCUT2D eigenvalue weighted by molar-refractivity contribution is -0.124. The summed E-state index contributed by atoms with van der Waals surface area (Å²) in [5, 5.41) is 5.48. The molecule has 1 aromatic carbocycles. The molecule has 1 rings (SSSR count). The summed E-state index contributed by atoms with van der Waals surface area (Å²) >= 11 is 0. The van der Waals surface area contributed by atoms with Crippen molar-refractivity contribution in [3.63, 3.8) is 0 Å². The Morgan fingerprint density at radius 2 is 1.91 bits per heavy atom. The summed E-state index contributed by atoms with van der Waals surface area (Å²) in [5.74, 6) is -0.195. The Hall–Kier alpha value is -2.04. The van der Waals surface area contributed by atoms with E-state index in [1.54, 1.807) is 6.92 Å². The standard InChI is InChI=1S/C17H26N2O3/c1-5-22-17(21)19-15(12(2)3)16(20)18-11-10-14-9-7-6-8-13(14)4/h6-9,12,15H,5,10-11H2,1-4H3,(H,18,20)(H,19,21)/t15-/m1/s1. The highest BCUT2D eigenvalue weighted by Crippen LogP contribution is 2.07. The minimum atomic E-state index is -0.587. The van der Waals surface area contributed by atoms with Gasteiger partial charge in [0.05, 0.1) is 6.61 Å². The Morgan fingerprint density at radius 3 is 2.50 bits per heavy atom. The maximum atomic E-state index is 12.2. The van der Waals surface area contributed by atoms with Gasteiger partial charge in [-0.05, 0) is 37.3 Å². The fourth-order valence-corrected chi connectivity index (χ4v) is 2.16. The number of hydrogen-bond donors (Lipinski definition) is 2. The molecule has 0 heterocycles. The van der Waals surface area contributed by atoms with Crippen LogP contribution in [0.4, 0.5) is 4.79 Å². The van der Waals surface area contributed by atoms with Crippen LogP contribution in [0.1, 0.15) is 31.9 Å². The minimum Gasteiger partial charge on any atom is -0.450 e. The molecule has 0 saturated carbocycles. The average Bonchev–Trinajstić information content (AvgIpc) is 2.46. The Balaban J connectivity index is 2.50. The fraction of sp³-hybridized carbons (Fsp3) is 0.529. The van der Waals surface area contributed by atoms with Gasteiger partial charge in [0, 0.05) is 6.54 Å². The number of rotatable bonds is 7. The lowest BCUT2D eigenvalue weighted by atomic mass is 10.0. The molecule has 2 N–H and O–H groups in total. The first-order valence-corrected chi connectivity index (χ1v) is 7.71. The van der Waals surface area contributed by atoms with Crippen molar-refractivity contribution in [3.05, 3.63) is 35.4 Å². The van der Waals surface area contributed by atoms with E-state index in [2.05, 4.69) is 29.7 Å². The lowest BCUT2D eigenvalue weighted by Crippen LogP contribution is -2.50. The topological polar surface area (TPSA) is 67.4 Å². The molecule has 0 spiro atoms. The van der Waals surface area contributed by atoms with Gasteiger partial charge >= 0.3 is 6.09 Å². The summed E-state index contributed by atoms with van der Waals surface area (Å²) in [4.78, 5) is 23.7. The van der Waals surface area contributed by atoms with Crippen LogP contribution in [-0.2, 0) is 16.0 Å². The largest absolute Gasteiger partial charge is 0.450 e. The quantitative estimate of drug-likeness (QED) is 0.813. The van der Waals surface area contributed by atoms with Crippen molar-refractivity contribution in [1.29, 1.82) is 0 Å². The monoisotopic (exact) mass is 306 g/mol. The van der Waals surface area contributed by atoms with Gasteiger partial charge in [-0.2, -0.15) is 0 Å². The highest BCUT2D eigenvalue weighted by Gasteiger charge is 2.24. The number of carbonyl (C=O) groups excluding carboxylic acids is 2. The summed E-state index contributed by atoms with van der Waals surface area (Å²) < 4.78 is 4.83. The molecule has 0 aromatic heterocycles. The zero-order chi connectivity index (χ0) is 16.5. The van der Waals surface area contributed by atoms with E-state index in [1.165, 1.54) is 11.1 Å². The third-order valence-electron chi connectivity index (χ3n) is 3.45. The molecule has 122 valence electrons. The van der Waals surface area contributed by atoms with Gasteiger partial charge in [-0.15, -0.1) is 0 Å². The van der Waals surface area contributed by atoms with E-state index in [0.29, 0.717) is 6.54 Å². The molecule has 0 unspecified atom stereocenters. The first kappa shape index (κ1) is 18.0. The van der Waals surface area contributed by atoms with Gasteiger partial charge in [-0.1, -0.05) is 38.1 Å². The third kappa shape index (κ3) is 5.76. The van der Waals surface area contributed by atoms with Crippen LogP contribution >= 0.6 is 0 Å². The zero-order valence-electron chi connectivity index (χ0n) is 13.8. The molecule has 5 nitrogen and oxygen atoms in total. The Labute approximate surface area is 132 Å². The van der Waals surface area contributed by atoms with Crippen molar-refractivity contribution >= 4 is 12.0 Å². The van der Waals surface area contributed by atoms with Crippen molar-refractivity contribution in [3.8, 4) is 0 Å². The molecular weight excluding hydrogens is 280 g/mol. The summed E-state index contributed by atoms with van der Waals surface area (Å²) in [5.41, 5.74) is 2.42. The van der Waals surface area contributed by atoms with Crippen LogP contribution in [0.15, 0.2) is 24.3 Å². The number of carbonyl (C=O) groups is 2. The number of hydrogen-bond acceptors (Lipinski definition) is 3. The fourth-order valence-electron chi connectivity index (χ4n) is 2.16. The van der Waals surface area contributed by atoms with Crippen LogP contribution in [0, 0.1) is 12.8 Å². The summed E-state index contributed by atoms with van der Waals surface area (Å²) in [6.07, 6.45) is 0.207. The first-order chi connectivity index (χ1) is 10.5. The molecule has 5 heteroatoms. The van der Waals surface area contributed by atoms with E-state index in [4.69, 9.17) is 4.74 Å². The SMILES string of the molecule is CCOC(=O)N[C@@H](C(=O)NCCc1ccccc1C)C(C)C. The van der Waals surface area contributed by atoms with E-state index in [9.17, 15) is 9.59 Å². The van der Waals surface area contributed by atoms with Gasteiger partial charge < -0.3 is 15.4 Å². The Morgan fingerprint density at radius 1 is 1.23 bits per heavy atom. The van der Waals surface area contributed by atoms with Crippen LogP contribution in [0.5, 0.6) is 0 Å². The molecule has 0 aliphatic rings. The number of benzene rings is 1. The van der Waals surface area contributed by atoms with Crippen LogP contribution < -0.4 is 10.6 Å². The molecule has 2 amide bonds. The van der Waals surface area contributed by atoms with Gasteiger partial charge in [0.25, 0.3) is 0 Å². The van der Waals surface area contributed by atoms with Crippen LogP contribution in [0.3, 0.4) is 0 Å². The van der Waals surface area contributed by atoms with Crippen molar-refractivity contribution in [1.82, 2.24) is 10.6 Å². The Bertz CT molecular complexity index is 500. The molecule has 0 bridgehead atoms. The first-order valence-electron chi connectivity index (χ1n) is 7.71. The number of aryl methyl sites for hydroxylation is 1. The minimum absolute atomic E-state index is 0.0112. The molecule has 22 heavy (non-hydrogen) atoms. The van der Waals surface area contributed by atoms with E-state index in [-0.39, 0.29) is 18.4 Å². The molecular formula is C17H26N2O3. The molecule has 0 saturated heterocycles. The highest BCUT2D eigenvalue weighted by molar-refractivity contribution is 5.85. The molecule has 0 aliphatic carbocycles. The normalized spacial score (nSPS) is 11.9. The average molecular weight is 306 g/mol. The molecule has 1 aromatic rings. The van der Waals surface area contributed by atoms with E-state index in [0.717, 1.165) is 6.42 Å². The number of ether oxygens (including phenoxy) is 1. The third-order valence-corrected chi connectivity index (χ3v) is 3.45. The second-order valence-corrected chi connectivity index (χ2v) is 5.55. The number of amides is 2. The van der Waals surface area contributed by atoms with Crippen molar-refractivity contribution in [2.45, 2.75) is 40.2 Å². The lowest BCUT2D eigenvalue weighted by Gasteiger charge is -2.21. The van der Waals surface area contributed by atoms with Crippen LogP contribution in [-0.4, -0.2) is 31.2 Å². The van der Waals surface area contributed by atoms with Gasteiger partial charge in [-0.3, -0.25) is 4.79 Å². The van der Waals surface area contributed by atoms with Gasteiger partial charge in [0.1, 0.15) is 6.04 Å². The van der Waals surface area contributed by atoms with Crippen LogP contribution in [0.2, 0.25) is 0 Å². The van der Waals surface area contributed by atoms with E-state index >= 15 is 0 Å². The van der Waals surface area contributed by atoms with Gasteiger partial charge in [-0.25, -0.2) is 4.79 Å². The van der Waals surface area contributed by atoms with E-state index < -0.39 is 12.1 Å². The predicted octanol–water partition coefficient (Wildman–Crippen LogP) is 2.42. The second-order valence-electron chi connectivity index (χ2n) is 5.55. The Kier molecular flexibility index (Phi) is 7.43. The molecule has 0 aliphatic heterocycles. The second kappa shape index (κ2) is 9.07. The summed E-state index contributed by atoms with van der Waals surface area (Å²) in [7, 11) is 0. The van der Waals surface area contributed by atoms with Crippen molar-refractivity contribution in [2.75, 3.05) is 13.2 Å². The maximum absolute atomic E-state index is 12.2.